The highest BCUT2D eigenvalue weighted by molar-refractivity contribution is 9.11. The zero-order valence-corrected chi connectivity index (χ0v) is 22.0. The lowest BCUT2D eigenvalue weighted by atomic mass is 10.1. The Bertz CT molecular complexity index is 1300. The number of nitrogens with two attached hydrogens (primary N) is 1. The van der Waals surface area contributed by atoms with E-state index in [4.69, 9.17) is 5.73 Å². The van der Waals surface area contributed by atoms with Gasteiger partial charge in [-0.15, -0.1) is 10.2 Å². The summed E-state index contributed by atoms with van der Waals surface area (Å²) in [6.07, 6.45) is -1.47. The number of anilines is 3. The first kappa shape index (κ1) is 26.6. The van der Waals surface area contributed by atoms with Crippen LogP contribution in [0.2, 0.25) is 0 Å². The molecule has 3 rings (SSSR count). The van der Waals surface area contributed by atoms with Crippen LogP contribution >= 0.6 is 31.9 Å². The molecule has 0 spiro atoms. The lowest BCUT2D eigenvalue weighted by molar-refractivity contribution is -0.137. The van der Waals surface area contributed by atoms with Crippen molar-refractivity contribution in [2.24, 2.45) is 10.2 Å². The standard InChI is InChI=1S/C24H21Br2F3N6/c1-3-4-5-14-6-8-16(9-7-14)32-23-17(12-30)13(2)20(22(31)33-23)34-35-21-18(24(27,28)29)10-15(25)11-19(21)26/h6-11H,3-5H2,1-2H3,(H3,31,32,33)/b35-34+. The molecule has 0 aliphatic heterocycles. The number of benzene rings is 2. The molecule has 11 heteroatoms. The second kappa shape index (κ2) is 11.2. The number of aromatic nitrogens is 1. The average Bonchev–Trinajstić information content (AvgIpc) is 2.78. The maximum absolute atomic E-state index is 13.5. The van der Waals surface area contributed by atoms with Gasteiger partial charge in [0.25, 0.3) is 0 Å². The van der Waals surface area contributed by atoms with Gasteiger partial charge in [-0.05, 0) is 65.5 Å². The molecule has 0 atom stereocenters. The highest BCUT2D eigenvalue weighted by atomic mass is 79.9. The molecule has 2 aromatic carbocycles. The van der Waals surface area contributed by atoms with Crippen molar-refractivity contribution in [1.82, 2.24) is 4.98 Å². The highest BCUT2D eigenvalue weighted by Gasteiger charge is 2.35. The Morgan fingerprint density at radius 2 is 1.77 bits per heavy atom. The van der Waals surface area contributed by atoms with E-state index < -0.39 is 17.4 Å². The van der Waals surface area contributed by atoms with Gasteiger partial charge in [-0.2, -0.15) is 18.4 Å². The third-order valence-corrected chi connectivity index (χ3v) is 6.24. The Morgan fingerprint density at radius 1 is 1.11 bits per heavy atom. The van der Waals surface area contributed by atoms with E-state index in [1.54, 1.807) is 6.92 Å². The van der Waals surface area contributed by atoms with E-state index in [1.165, 1.54) is 11.6 Å². The van der Waals surface area contributed by atoms with Crippen LogP contribution in [0, 0.1) is 18.3 Å². The molecule has 0 amide bonds. The lowest BCUT2D eigenvalue weighted by Crippen LogP contribution is -2.05. The summed E-state index contributed by atoms with van der Waals surface area (Å²) >= 11 is 6.16. The van der Waals surface area contributed by atoms with E-state index in [1.807, 2.05) is 24.3 Å². The van der Waals surface area contributed by atoms with Crippen LogP contribution in [0.3, 0.4) is 0 Å². The minimum absolute atomic E-state index is 0.0185. The normalized spacial score (nSPS) is 11.6. The Labute approximate surface area is 217 Å². The van der Waals surface area contributed by atoms with Gasteiger partial charge >= 0.3 is 6.18 Å². The smallest absolute Gasteiger partial charge is 0.382 e. The van der Waals surface area contributed by atoms with Crippen molar-refractivity contribution in [3.8, 4) is 6.07 Å². The van der Waals surface area contributed by atoms with Crippen LogP contribution in [0.25, 0.3) is 0 Å². The maximum atomic E-state index is 13.5. The molecule has 0 bridgehead atoms. The van der Waals surface area contributed by atoms with Crippen LogP contribution in [0.5, 0.6) is 0 Å². The van der Waals surface area contributed by atoms with Gasteiger partial charge in [0.05, 0.1) is 11.1 Å². The summed E-state index contributed by atoms with van der Waals surface area (Å²) in [6, 6.07) is 12.2. The predicted octanol–water partition coefficient (Wildman–Crippen LogP) is 8.89. The summed E-state index contributed by atoms with van der Waals surface area (Å²) < 4.78 is 40.9. The van der Waals surface area contributed by atoms with Crippen LogP contribution in [0.1, 0.15) is 42.0 Å². The number of alkyl halides is 3. The number of aryl methyl sites for hydroxylation is 1. The van der Waals surface area contributed by atoms with Gasteiger partial charge in [-0.1, -0.05) is 41.4 Å². The van der Waals surface area contributed by atoms with Crippen LogP contribution in [0.4, 0.5) is 41.9 Å². The first-order valence-corrected chi connectivity index (χ1v) is 12.2. The summed E-state index contributed by atoms with van der Waals surface area (Å²) in [4.78, 5) is 4.24. The summed E-state index contributed by atoms with van der Waals surface area (Å²) in [7, 11) is 0. The highest BCUT2D eigenvalue weighted by Crippen LogP contribution is 2.43. The van der Waals surface area contributed by atoms with Crippen molar-refractivity contribution in [2.75, 3.05) is 11.1 Å². The molecule has 182 valence electrons. The molecule has 3 N–H and O–H groups in total. The van der Waals surface area contributed by atoms with Crippen molar-refractivity contribution >= 4 is 60.6 Å². The van der Waals surface area contributed by atoms with Crippen LogP contribution in [-0.2, 0) is 12.6 Å². The number of nitriles is 1. The number of rotatable bonds is 7. The number of unbranched alkanes of at least 4 members (excludes halogenated alkanes) is 1. The van der Waals surface area contributed by atoms with Gasteiger partial charge in [0, 0.05) is 20.2 Å². The molecule has 3 aromatic rings. The van der Waals surface area contributed by atoms with E-state index in [0.717, 1.165) is 31.0 Å². The van der Waals surface area contributed by atoms with E-state index in [0.29, 0.717) is 5.56 Å². The number of pyridine rings is 1. The fourth-order valence-electron chi connectivity index (χ4n) is 3.33. The van der Waals surface area contributed by atoms with Crippen LogP contribution in [0.15, 0.2) is 55.6 Å². The topological polar surface area (TPSA) is 99.4 Å². The minimum Gasteiger partial charge on any atom is -0.382 e. The zero-order chi connectivity index (χ0) is 25.8. The fourth-order valence-corrected chi connectivity index (χ4v) is 4.63. The quantitative estimate of drug-likeness (QED) is 0.261. The van der Waals surface area contributed by atoms with Crippen molar-refractivity contribution in [3.05, 3.63) is 67.6 Å². The maximum Gasteiger partial charge on any atom is 0.418 e. The van der Waals surface area contributed by atoms with Gasteiger partial charge in [0.2, 0.25) is 0 Å². The van der Waals surface area contributed by atoms with E-state index in [9.17, 15) is 18.4 Å². The molecule has 0 fully saturated rings. The van der Waals surface area contributed by atoms with Gasteiger partial charge in [0.15, 0.2) is 11.6 Å². The van der Waals surface area contributed by atoms with Gasteiger partial charge in [-0.25, -0.2) is 4.98 Å². The number of halogens is 5. The number of hydrogen-bond acceptors (Lipinski definition) is 6. The molecular weight excluding hydrogens is 589 g/mol. The third-order valence-electron chi connectivity index (χ3n) is 5.17. The minimum atomic E-state index is -4.66. The molecule has 6 nitrogen and oxygen atoms in total. The Hall–Kier alpha value is -2.97. The second-order valence-corrected chi connectivity index (χ2v) is 9.48. The predicted molar refractivity (Wildman–Crippen MR) is 137 cm³/mol. The molecule has 0 radical (unpaired) electrons. The van der Waals surface area contributed by atoms with Crippen molar-refractivity contribution in [1.29, 1.82) is 5.26 Å². The molecule has 1 aromatic heterocycles. The molecule has 35 heavy (non-hydrogen) atoms. The molecular formula is C24H21Br2F3N6. The molecule has 0 aliphatic carbocycles. The summed E-state index contributed by atoms with van der Waals surface area (Å²) in [6.45, 7) is 3.72. The second-order valence-electron chi connectivity index (χ2n) is 7.71. The Balaban J connectivity index is 1.97. The van der Waals surface area contributed by atoms with Gasteiger partial charge < -0.3 is 11.1 Å². The van der Waals surface area contributed by atoms with E-state index in [2.05, 4.69) is 65.4 Å². The lowest BCUT2D eigenvalue weighted by Gasteiger charge is -2.14. The number of nitrogens with zero attached hydrogens (tertiary/aromatic N) is 4. The number of nitrogens with one attached hydrogen (secondary N) is 1. The molecule has 0 unspecified atom stereocenters. The molecule has 0 aliphatic rings. The van der Waals surface area contributed by atoms with Gasteiger partial charge in [-0.3, -0.25) is 0 Å². The first-order chi connectivity index (χ1) is 16.5. The fraction of sp³-hybridized carbons (Fsp3) is 0.250. The largest absolute Gasteiger partial charge is 0.418 e. The molecule has 1 heterocycles. The third kappa shape index (κ3) is 6.38. The van der Waals surface area contributed by atoms with Crippen molar-refractivity contribution in [3.63, 3.8) is 0 Å². The van der Waals surface area contributed by atoms with Crippen molar-refractivity contribution < 1.29 is 13.2 Å². The average molecular weight is 610 g/mol. The summed E-state index contributed by atoms with van der Waals surface area (Å²) in [5, 5.41) is 20.6. The Morgan fingerprint density at radius 3 is 2.37 bits per heavy atom. The number of nitrogen functional groups attached to an aromatic ring is 1. The number of hydrogen-bond donors (Lipinski definition) is 2. The monoisotopic (exact) mass is 608 g/mol. The molecule has 0 saturated heterocycles. The van der Waals surface area contributed by atoms with Crippen LogP contribution in [-0.4, -0.2) is 4.98 Å². The summed E-state index contributed by atoms with van der Waals surface area (Å²) in [5.74, 6) is 0.151. The molecule has 0 saturated carbocycles. The first-order valence-electron chi connectivity index (χ1n) is 10.6. The summed E-state index contributed by atoms with van der Waals surface area (Å²) in [5.41, 5.74) is 7.12. The zero-order valence-electron chi connectivity index (χ0n) is 18.8. The van der Waals surface area contributed by atoms with Gasteiger partial charge in [0.1, 0.15) is 17.4 Å². The van der Waals surface area contributed by atoms with E-state index >= 15 is 0 Å². The van der Waals surface area contributed by atoms with E-state index in [-0.39, 0.29) is 31.8 Å². The van der Waals surface area contributed by atoms with Crippen LogP contribution < -0.4 is 11.1 Å². The van der Waals surface area contributed by atoms with Crippen molar-refractivity contribution in [2.45, 2.75) is 39.3 Å². The number of azo groups is 1. The SMILES string of the molecule is CCCCc1ccc(Nc2nc(N)c(/N=N/c3c(Br)cc(Br)cc3C(F)(F)F)c(C)c2C#N)cc1. The Kier molecular flexibility index (Phi) is 8.51.